The maximum Gasteiger partial charge on any atom is 0.326 e. The van der Waals surface area contributed by atoms with Gasteiger partial charge in [0.05, 0.1) is 6.42 Å². The summed E-state index contributed by atoms with van der Waals surface area (Å²) in [6.07, 6.45) is 7.43. The van der Waals surface area contributed by atoms with E-state index in [1.54, 1.807) is 6.92 Å². The second-order valence-corrected chi connectivity index (χ2v) is 17.5. The Morgan fingerprint density at radius 2 is 1.13 bits per heavy atom. The highest BCUT2D eigenvalue weighted by atomic mass is 16.4. The number of amides is 7. The Labute approximate surface area is 354 Å². The summed E-state index contributed by atoms with van der Waals surface area (Å²) in [5, 5.41) is 32.7. The van der Waals surface area contributed by atoms with Crippen LogP contribution in [-0.4, -0.2) is 111 Å². The van der Waals surface area contributed by atoms with Crippen LogP contribution in [0, 0.1) is 17.8 Å². The van der Waals surface area contributed by atoms with Crippen LogP contribution in [0.2, 0.25) is 0 Å². The molecule has 7 amide bonds. The normalized spacial score (nSPS) is 20.2. The molecule has 60 heavy (non-hydrogen) atoms. The van der Waals surface area contributed by atoms with E-state index in [-0.39, 0.29) is 56.3 Å². The van der Waals surface area contributed by atoms with Gasteiger partial charge in [0.1, 0.15) is 36.3 Å². The van der Waals surface area contributed by atoms with Gasteiger partial charge in [-0.15, -0.1) is 0 Å². The summed E-state index contributed by atoms with van der Waals surface area (Å²) in [7, 11) is 0. The average molecular weight is 850 g/mol. The molecule has 0 aromatic rings. The predicted octanol–water partition coefficient (Wildman–Crippen LogP) is 2.26. The SMILES string of the molecule is CC(=O)N[C@@H](CCC(N)=O)C(=O)N[C@@H](CC1CCCCC1)C(=O)N[C@@H](CC(=O)O)C(=O)N[C@@H](CC(C)C)C(=O)N1C(C)CCCCCC[C@H]1C(=O)N[C@@H](CC(C)C)C(=O)O. The molecule has 0 radical (unpaired) electrons. The number of carboxylic acids is 2. The molecule has 18 nitrogen and oxygen atoms in total. The van der Waals surface area contributed by atoms with Gasteiger partial charge in [-0.1, -0.05) is 85.5 Å². The lowest BCUT2D eigenvalue weighted by Gasteiger charge is -2.39. The average Bonchev–Trinajstić information content (AvgIpc) is 3.24. The number of aliphatic carboxylic acids is 2. The van der Waals surface area contributed by atoms with Crippen LogP contribution in [0.3, 0.4) is 0 Å². The van der Waals surface area contributed by atoms with Gasteiger partial charge in [0.25, 0.3) is 0 Å². The molecule has 18 heteroatoms. The topological polar surface area (TPSA) is 284 Å². The van der Waals surface area contributed by atoms with E-state index in [9.17, 15) is 53.4 Å². The van der Waals surface area contributed by atoms with Crippen molar-refractivity contribution in [2.75, 3.05) is 0 Å². The van der Waals surface area contributed by atoms with E-state index < -0.39 is 102 Å². The van der Waals surface area contributed by atoms with Crippen molar-refractivity contribution in [1.82, 2.24) is 31.5 Å². The highest BCUT2D eigenvalue weighted by Gasteiger charge is 2.40. The number of carboxylic acid groups (broad SMARTS) is 2. The van der Waals surface area contributed by atoms with Gasteiger partial charge in [0.2, 0.25) is 41.4 Å². The largest absolute Gasteiger partial charge is 0.481 e. The molecule has 340 valence electrons. The molecule has 2 fully saturated rings. The van der Waals surface area contributed by atoms with E-state index in [4.69, 9.17) is 5.73 Å². The molecule has 1 aliphatic heterocycles. The van der Waals surface area contributed by atoms with Gasteiger partial charge in [0.15, 0.2) is 0 Å². The molecule has 0 bridgehead atoms. The molecule has 0 spiro atoms. The lowest BCUT2D eigenvalue weighted by Crippen LogP contribution is -2.62. The van der Waals surface area contributed by atoms with Crippen LogP contribution < -0.4 is 32.3 Å². The molecule has 2 aliphatic rings. The minimum absolute atomic E-state index is 0.0183. The fourth-order valence-electron chi connectivity index (χ4n) is 8.17. The van der Waals surface area contributed by atoms with E-state index >= 15 is 0 Å². The van der Waals surface area contributed by atoms with Crippen molar-refractivity contribution >= 4 is 53.3 Å². The maximum atomic E-state index is 14.7. The van der Waals surface area contributed by atoms with Gasteiger partial charge in [-0.05, 0) is 63.2 Å². The Bertz CT molecular complexity index is 1500. The summed E-state index contributed by atoms with van der Waals surface area (Å²) in [5.41, 5.74) is 5.28. The number of carbonyl (C=O) groups excluding carboxylic acids is 7. The Morgan fingerprint density at radius 1 is 0.633 bits per heavy atom. The van der Waals surface area contributed by atoms with Gasteiger partial charge < -0.3 is 47.4 Å². The van der Waals surface area contributed by atoms with E-state index in [0.717, 1.165) is 51.4 Å². The van der Waals surface area contributed by atoms with Crippen molar-refractivity contribution in [3.05, 3.63) is 0 Å². The molecule has 0 aromatic heterocycles. The standard InChI is InChI=1S/C42H71N7O11/c1-24(2)20-32(41(58)49-26(5)14-10-7-8-13-17-34(49)40(57)48-33(42(59)60)21-25(3)4)47-39(56)31(23-36(52)53)46-38(55)30(22-28-15-11-9-12-16-28)45-37(54)29(44-27(6)50)18-19-35(43)51/h24-26,28-34H,7-23H2,1-6H3,(H2,43,51)(H,44,50)(H,45,54)(H,46,55)(H,47,56)(H,48,57)(H,52,53)(H,59,60)/t26?,29-,30-,31-,32-,33-,34-/m0/s1. The third-order valence-electron chi connectivity index (χ3n) is 11.2. The molecule has 9 N–H and O–H groups in total. The smallest absolute Gasteiger partial charge is 0.326 e. The van der Waals surface area contributed by atoms with Crippen molar-refractivity contribution in [3.8, 4) is 0 Å². The van der Waals surface area contributed by atoms with Gasteiger partial charge in [-0.2, -0.15) is 0 Å². The maximum absolute atomic E-state index is 14.7. The number of nitrogens with two attached hydrogens (primary N) is 1. The lowest BCUT2D eigenvalue weighted by molar-refractivity contribution is -0.149. The highest BCUT2D eigenvalue weighted by Crippen LogP contribution is 2.28. The number of nitrogens with one attached hydrogen (secondary N) is 5. The first-order valence-corrected chi connectivity index (χ1v) is 21.7. The van der Waals surface area contributed by atoms with E-state index in [0.29, 0.717) is 12.8 Å². The number of primary amides is 1. The zero-order valence-corrected chi connectivity index (χ0v) is 36.4. The first-order chi connectivity index (χ1) is 28.2. The van der Waals surface area contributed by atoms with Crippen molar-refractivity contribution in [2.45, 2.75) is 193 Å². The van der Waals surface area contributed by atoms with Gasteiger partial charge in [-0.25, -0.2) is 4.79 Å². The third kappa shape index (κ3) is 18.2. The molecule has 7 atom stereocenters. The van der Waals surface area contributed by atoms with Crippen LogP contribution in [0.1, 0.15) is 151 Å². The second-order valence-electron chi connectivity index (χ2n) is 17.5. The van der Waals surface area contributed by atoms with Crippen LogP contribution >= 0.6 is 0 Å². The van der Waals surface area contributed by atoms with Crippen molar-refractivity contribution < 1.29 is 53.4 Å². The Hall–Kier alpha value is -4.77. The molecule has 1 saturated carbocycles. The summed E-state index contributed by atoms with van der Waals surface area (Å²) < 4.78 is 0. The van der Waals surface area contributed by atoms with E-state index in [1.807, 2.05) is 27.7 Å². The van der Waals surface area contributed by atoms with E-state index in [1.165, 1.54) is 11.8 Å². The van der Waals surface area contributed by atoms with Crippen molar-refractivity contribution in [2.24, 2.45) is 23.5 Å². The van der Waals surface area contributed by atoms with Gasteiger partial charge >= 0.3 is 11.9 Å². The zero-order valence-electron chi connectivity index (χ0n) is 36.4. The summed E-state index contributed by atoms with van der Waals surface area (Å²) in [5.74, 6) is -7.85. The quantitative estimate of drug-likeness (QED) is 0.0782. The van der Waals surface area contributed by atoms with Crippen molar-refractivity contribution in [3.63, 3.8) is 0 Å². The molecule has 1 aliphatic carbocycles. The molecule has 1 saturated heterocycles. The first-order valence-electron chi connectivity index (χ1n) is 21.7. The Morgan fingerprint density at radius 3 is 1.68 bits per heavy atom. The highest BCUT2D eigenvalue weighted by molar-refractivity contribution is 5.98. The lowest BCUT2D eigenvalue weighted by atomic mass is 9.84. The number of hydrogen-bond donors (Lipinski definition) is 8. The first kappa shape index (κ1) is 51.4. The third-order valence-corrected chi connectivity index (χ3v) is 11.2. The monoisotopic (exact) mass is 850 g/mol. The molecular weight excluding hydrogens is 778 g/mol. The minimum atomic E-state index is -1.69. The summed E-state index contributed by atoms with van der Waals surface area (Å²) in [4.78, 5) is 119. The molecular formula is C42H71N7O11. The minimum Gasteiger partial charge on any atom is -0.481 e. The van der Waals surface area contributed by atoms with Crippen LogP contribution in [0.25, 0.3) is 0 Å². The predicted molar refractivity (Wildman–Crippen MR) is 222 cm³/mol. The Balaban J connectivity index is 2.48. The summed E-state index contributed by atoms with van der Waals surface area (Å²) in [6.45, 7) is 10.3. The second kappa shape index (κ2) is 25.8. The number of hydrogen-bond acceptors (Lipinski definition) is 9. The molecule has 1 unspecified atom stereocenters. The Kier molecular flexibility index (Phi) is 22.1. The molecule has 0 aromatic carbocycles. The summed E-state index contributed by atoms with van der Waals surface area (Å²) >= 11 is 0. The fourth-order valence-corrected chi connectivity index (χ4v) is 8.17. The van der Waals surface area contributed by atoms with Crippen LogP contribution in [0.15, 0.2) is 0 Å². The summed E-state index contributed by atoms with van der Waals surface area (Å²) in [6, 6.07) is -8.10. The van der Waals surface area contributed by atoms with Crippen LogP contribution in [0.5, 0.6) is 0 Å². The van der Waals surface area contributed by atoms with E-state index in [2.05, 4.69) is 26.6 Å². The molecule has 2 rings (SSSR count). The van der Waals surface area contributed by atoms with Crippen LogP contribution in [-0.2, 0) is 43.2 Å². The number of carbonyl (C=O) groups is 9. The zero-order chi connectivity index (χ0) is 45.1. The van der Waals surface area contributed by atoms with Crippen molar-refractivity contribution in [1.29, 1.82) is 0 Å². The number of rotatable bonds is 22. The van der Waals surface area contributed by atoms with Crippen LogP contribution in [0.4, 0.5) is 0 Å². The number of nitrogens with zero attached hydrogens (tertiary/aromatic N) is 1. The van der Waals surface area contributed by atoms with Gasteiger partial charge in [0, 0.05) is 19.4 Å². The fraction of sp³-hybridized carbons (Fsp3) is 0.786. The van der Waals surface area contributed by atoms with Gasteiger partial charge in [-0.3, -0.25) is 38.4 Å². The molecule has 1 heterocycles.